The summed E-state index contributed by atoms with van der Waals surface area (Å²) in [7, 11) is 0. The first-order valence-electron chi connectivity index (χ1n) is 6.43. The Morgan fingerprint density at radius 3 is 2.50 bits per heavy atom. The number of rotatable bonds is 3. The highest BCUT2D eigenvalue weighted by atomic mass is 16.2. The first kappa shape index (κ1) is 14.0. The lowest BCUT2D eigenvalue weighted by Crippen LogP contribution is -2.57. The molecule has 1 fully saturated rings. The van der Waals surface area contributed by atoms with Gasteiger partial charge in [-0.25, -0.2) is 4.79 Å². The summed E-state index contributed by atoms with van der Waals surface area (Å²) in [6.07, 6.45) is 0.0289. The van der Waals surface area contributed by atoms with E-state index in [4.69, 9.17) is 0 Å². The maximum absolute atomic E-state index is 11.9. The number of amides is 4. The molecule has 1 aromatic carbocycles. The molecule has 1 saturated heterocycles. The number of aryl methyl sites for hydroxylation is 1. The number of anilines is 1. The van der Waals surface area contributed by atoms with Crippen molar-refractivity contribution in [3.8, 4) is 0 Å². The van der Waals surface area contributed by atoms with Gasteiger partial charge in [-0.05, 0) is 26.0 Å². The van der Waals surface area contributed by atoms with Gasteiger partial charge in [-0.15, -0.1) is 0 Å². The molecule has 1 aliphatic heterocycles. The van der Waals surface area contributed by atoms with Crippen molar-refractivity contribution in [1.29, 1.82) is 0 Å². The first-order valence-corrected chi connectivity index (χ1v) is 6.43. The molecule has 0 radical (unpaired) electrons. The summed E-state index contributed by atoms with van der Waals surface area (Å²) in [6.45, 7) is 3.67. The third kappa shape index (κ3) is 3.34. The van der Waals surface area contributed by atoms with Crippen LogP contribution in [0.5, 0.6) is 0 Å². The van der Waals surface area contributed by atoms with Crippen molar-refractivity contribution in [2.45, 2.75) is 26.3 Å². The van der Waals surface area contributed by atoms with E-state index in [1.54, 1.807) is 19.1 Å². The van der Waals surface area contributed by atoms with Gasteiger partial charge in [-0.2, -0.15) is 0 Å². The number of carbonyl (C=O) groups excluding carboxylic acids is 3. The second-order valence-electron chi connectivity index (χ2n) is 4.98. The zero-order chi connectivity index (χ0) is 14.7. The molecule has 1 heterocycles. The quantitative estimate of drug-likeness (QED) is 0.773. The average molecular weight is 275 g/mol. The SMILES string of the molecule is Cc1ccc(NC(=O)CC2C(=O)NC(=O)NC2C)cc1. The number of hydrogen-bond acceptors (Lipinski definition) is 3. The molecule has 106 valence electrons. The second-order valence-corrected chi connectivity index (χ2v) is 4.98. The highest BCUT2D eigenvalue weighted by molar-refractivity contribution is 6.01. The third-order valence-electron chi connectivity index (χ3n) is 3.28. The molecule has 6 heteroatoms. The van der Waals surface area contributed by atoms with Crippen LogP contribution in [0.4, 0.5) is 10.5 Å². The largest absolute Gasteiger partial charge is 0.335 e. The summed E-state index contributed by atoms with van der Waals surface area (Å²) in [5, 5.41) is 7.49. The molecule has 1 aliphatic rings. The molecular weight excluding hydrogens is 258 g/mol. The molecule has 4 amide bonds. The summed E-state index contributed by atoms with van der Waals surface area (Å²) in [4.78, 5) is 34.7. The van der Waals surface area contributed by atoms with Crippen molar-refractivity contribution in [3.63, 3.8) is 0 Å². The van der Waals surface area contributed by atoms with Gasteiger partial charge in [0.2, 0.25) is 11.8 Å². The van der Waals surface area contributed by atoms with E-state index < -0.39 is 17.9 Å². The molecule has 2 unspecified atom stereocenters. The highest BCUT2D eigenvalue weighted by Gasteiger charge is 2.33. The van der Waals surface area contributed by atoms with E-state index in [0.717, 1.165) is 5.56 Å². The third-order valence-corrected chi connectivity index (χ3v) is 3.28. The van der Waals surface area contributed by atoms with Gasteiger partial charge in [0.15, 0.2) is 0 Å². The molecule has 0 aromatic heterocycles. The predicted molar refractivity (Wildman–Crippen MR) is 74.1 cm³/mol. The fraction of sp³-hybridized carbons (Fsp3) is 0.357. The van der Waals surface area contributed by atoms with Crippen molar-refractivity contribution in [2.24, 2.45) is 5.92 Å². The second kappa shape index (κ2) is 5.73. The topological polar surface area (TPSA) is 87.3 Å². The number of hydrogen-bond donors (Lipinski definition) is 3. The highest BCUT2D eigenvalue weighted by Crippen LogP contribution is 2.15. The van der Waals surface area contributed by atoms with Crippen LogP contribution in [0.25, 0.3) is 0 Å². The van der Waals surface area contributed by atoms with Gasteiger partial charge in [0.1, 0.15) is 0 Å². The van der Waals surface area contributed by atoms with Crippen LogP contribution >= 0.6 is 0 Å². The minimum Gasteiger partial charge on any atom is -0.335 e. The average Bonchev–Trinajstić information content (AvgIpc) is 2.36. The normalized spacial score (nSPS) is 21.9. The van der Waals surface area contributed by atoms with Crippen molar-refractivity contribution in [2.75, 3.05) is 5.32 Å². The minimum absolute atomic E-state index is 0.0289. The number of benzene rings is 1. The van der Waals surface area contributed by atoms with E-state index in [1.165, 1.54) is 0 Å². The van der Waals surface area contributed by atoms with Crippen molar-refractivity contribution in [3.05, 3.63) is 29.8 Å². The van der Waals surface area contributed by atoms with Crippen LogP contribution in [0.3, 0.4) is 0 Å². The van der Waals surface area contributed by atoms with Crippen LogP contribution in [0.1, 0.15) is 18.9 Å². The van der Waals surface area contributed by atoms with E-state index in [9.17, 15) is 14.4 Å². The van der Waals surface area contributed by atoms with Crippen LogP contribution in [0.15, 0.2) is 24.3 Å². The molecule has 6 nitrogen and oxygen atoms in total. The van der Waals surface area contributed by atoms with Gasteiger partial charge < -0.3 is 10.6 Å². The Morgan fingerprint density at radius 2 is 1.90 bits per heavy atom. The molecule has 1 aromatic rings. The monoisotopic (exact) mass is 275 g/mol. The Labute approximate surface area is 116 Å². The zero-order valence-electron chi connectivity index (χ0n) is 11.4. The van der Waals surface area contributed by atoms with Crippen LogP contribution in [-0.2, 0) is 9.59 Å². The fourth-order valence-electron chi connectivity index (χ4n) is 2.09. The van der Waals surface area contributed by atoms with Gasteiger partial charge in [0, 0.05) is 18.2 Å². The van der Waals surface area contributed by atoms with E-state index in [1.807, 2.05) is 19.1 Å². The molecule has 0 saturated carbocycles. The van der Waals surface area contributed by atoms with Crippen molar-refractivity contribution < 1.29 is 14.4 Å². The molecule has 2 atom stereocenters. The number of carbonyl (C=O) groups is 3. The van der Waals surface area contributed by atoms with E-state index in [0.29, 0.717) is 5.69 Å². The van der Waals surface area contributed by atoms with Gasteiger partial charge in [0.05, 0.1) is 5.92 Å². The summed E-state index contributed by atoms with van der Waals surface area (Å²) >= 11 is 0. The number of imide groups is 1. The molecular formula is C14H17N3O3. The first-order chi connectivity index (χ1) is 9.45. The van der Waals surface area contributed by atoms with Gasteiger partial charge in [-0.3, -0.25) is 14.9 Å². The number of nitrogens with one attached hydrogen (secondary N) is 3. The Kier molecular flexibility index (Phi) is 4.02. The van der Waals surface area contributed by atoms with Crippen molar-refractivity contribution >= 4 is 23.5 Å². The molecule has 0 aliphatic carbocycles. The lowest BCUT2D eigenvalue weighted by atomic mass is 9.94. The molecule has 0 spiro atoms. The van der Waals surface area contributed by atoms with Crippen LogP contribution in [0.2, 0.25) is 0 Å². The predicted octanol–water partition coefficient (Wildman–Crippen LogP) is 1.17. The Hall–Kier alpha value is -2.37. The summed E-state index contributed by atoms with van der Waals surface area (Å²) in [5.74, 6) is -1.23. The number of urea groups is 1. The van der Waals surface area contributed by atoms with Gasteiger partial charge in [-0.1, -0.05) is 17.7 Å². The maximum Gasteiger partial charge on any atom is 0.321 e. The summed E-state index contributed by atoms with van der Waals surface area (Å²) in [5.41, 5.74) is 1.79. The molecule has 0 bridgehead atoms. The Bertz CT molecular complexity index is 539. The Morgan fingerprint density at radius 1 is 1.25 bits per heavy atom. The minimum atomic E-state index is -0.557. The van der Waals surface area contributed by atoms with Crippen LogP contribution in [0, 0.1) is 12.8 Å². The van der Waals surface area contributed by atoms with Gasteiger partial charge >= 0.3 is 6.03 Å². The van der Waals surface area contributed by atoms with Crippen LogP contribution < -0.4 is 16.0 Å². The lowest BCUT2D eigenvalue weighted by Gasteiger charge is -2.28. The lowest BCUT2D eigenvalue weighted by molar-refractivity contribution is -0.129. The zero-order valence-corrected chi connectivity index (χ0v) is 11.4. The molecule has 20 heavy (non-hydrogen) atoms. The van der Waals surface area contributed by atoms with Crippen molar-refractivity contribution in [1.82, 2.24) is 10.6 Å². The van der Waals surface area contributed by atoms with Gasteiger partial charge in [0.25, 0.3) is 0 Å². The van der Waals surface area contributed by atoms with E-state index in [2.05, 4.69) is 16.0 Å². The van der Waals surface area contributed by atoms with Crippen LogP contribution in [-0.4, -0.2) is 23.9 Å². The summed E-state index contributed by atoms with van der Waals surface area (Å²) < 4.78 is 0. The van der Waals surface area contributed by atoms with E-state index >= 15 is 0 Å². The Balaban J connectivity index is 1.95. The van der Waals surface area contributed by atoms with E-state index in [-0.39, 0.29) is 18.4 Å². The standard InChI is InChI=1S/C14H17N3O3/c1-8-3-5-10(6-4-8)16-12(18)7-11-9(2)15-14(20)17-13(11)19/h3-6,9,11H,7H2,1-2H3,(H,16,18)(H2,15,17,19,20). The smallest absolute Gasteiger partial charge is 0.321 e. The maximum atomic E-state index is 11.9. The fourth-order valence-corrected chi connectivity index (χ4v) is 2.09. The molecule has 3 N–H and O–H groups in total. The molecule has 2 rings (SSSR count). The summed E-state index contributed by atoms with van der Waals surface area (Å²) in [6, 6.07) is 6.52.